The number of aryl methyl sites for hydroxylation is 1. The van der Waals surface area contributed by atoms with Crippen molar-refractivity contribution in [2.45, 2.75) is 59.2 Å². The molecule has 0 spiro atoms. The molecule has 0 bridgehead atoms. The molecule has 0 atom stereocenters. The number of alkyl halides is 3. The molecular formula is C31H40F3N4O2Y-. The van der Waals surface area contributed by atoms with Gasteiger partial charge >= 0.3 is 6.18 Å². The number of piperidine rings is 1. The number of carbonyl (C=O) groups excluding carboxylic acids is 1. The van der Waals surface area contributed by atoms with Gasteiger partial charge in [0.05, 0.1) is 19.3 Å². The minimum absolute atomic E-state index is 0. The van der Waals surface area contributed by atoms with Gasteiger partial charge in [-0.05, 0) is 82.4 Å². The van der Waals surface area contributed by atoms with E-state index in [1.54, 1.807) is 26.2 Å². The van der Waals surface area contributed by atoms with Crippen LogP contribution in [-0.2, 0) is 32.7 Å². The molecule has 2 aromatic carbocycles. The second kappa shape index (κ2) is 18.2. The number of carbonyl (C=O) groups is 1. The van der Waals surface area contributed by atoms with E-state index in [1.807, 2.05) is 13.0 Å². The molecule has 221 valence electrons. The third kappa shape index (κ3) is 13.4. The van der Waals surface area contributed by atoms with Crippen molar-refractivity contribution in [1.29, 1.82) is 0 Å². The molecule has 1 saturated heterocycles. The third-order valence-corrected chi connectivity index (χ3v) is 6.40. The normalized spacial score (nSPS) is 14.0. The van der Waals surface area contributed by atoms with Crippen LogP contribution in [0, 0.1) is 18.8 Å². The van der Waals surface area contributed by atoms with Gasteiger partial charge in [-0.15, -0.1) is 6.04 Å². The van der Waals surface area contributed by atoms with Crippen LogP contribution < -0.4 is 15.5 Å². The van der Waals surface area contributed by atoms with Crippen LogP contribution in [0.25, 0.3) is 11.5 Å². The number of anilines is 2. The second-order valence-electron chi connectivity index (χ2n) is 9.73. The molecule has 3 rings (SSSR count). The van der Waals surface area contributed by atoms with E-state index in [0.29, 0.717) is 23.9 Å². The Bertz CT molecular complexity index is 1210. The van der Waals surface area contributed by atoms with Gasteiger partial charge in [0.2, 0.25) is 0 Å². The molecule has 6 nitrogen and oxygen atoms in total. The van der Waals surface area contributed by atoms with E-state index in [4.69, 9.17) is 10.2 Å². The molecule has 1 fully saturated rings. The summed E-state index contributed by atoms with van der Waals surface area (Å²) >= 11 is 0. The number of halogens is 3. The molecule has 0 aliphatic carbocycles. The largest absolute Gasteiger partial charge is 0.568 e. The van der Waals surface area contributed by atoms with Crippen molar-refractivity contribution < 1.29 is 55.4 Å². The van der Waals surface area contributed by atoms with Crippen LogP contribution in [0.5, 0.6) is 5.75 Å². The van der Waals surface area contributed by atoms with Crippen molar-refractivity contribution in [3.63, 3.8) is 0 Å². The van der Waals surface area contributed by atoms with Gasteiger partial charge in [-0.3, -0.25) is 4.79 Å². The molecule has 10 heteroatoms. The van der Waals surface area contributed by atoms with Gasteiger partial charge in [0.1, 0.15) is 5.75 Å². The van der Waals surface area contributed by atoms with Crippen LogP contribution in [0.2, 0.25) is 0 Å². The van der Waals surface area contributed by atoms with Gasteiger partial charge in [-0.1, -0.05) is 43.7 Å². The number of allylic oxidation sites excluding steroid dienone is 1. The Morgan fingerprint density at radius 3 is 2.41 bits per heavy atom. The van der Waals surface area contributed by atoms with Crippen molar-refractivity contribution in [3.05, 3.63) is 64.1 Å². The van der Waals surface area contributed by atoms with Crippen LogP contribution in [0.15, 0.2) is 42.0 Å². The van der Waals surface area contributed by atoms with E-state index in [0.717, 1.165) is 55.4 Å². The number of rotatable bonds is 8. The summed E-state index contributed by atoms with van der Waals surface area (Å²) in [6.45, 7) is 9.38. The van der Waals surface area contributed by atoms with Crippen molar-refractivity contribution in [1.82, 2.24) is 4.90 Å². The van der Waals surface area contributed by atoms with E-state index in [1.165, 1.54) is 5.56 Å². The number of hydrogen-bond acceptors (Lipinski definition) is 5. The predicted octanol–water partition coefficient (Wildman–Crippen LogP) is 7.48. The van der Waals surface area contributed by atoms with Crippen molar-refractivity contribution >= 4 is 23.2 Å². The van der Waals surface area contributed by atoms with Gasteiger partial charge < -0.3 is 25.8 Å². The van der Waals surface area contributed by atoms with Gasteiger partial charge in [0.15, 0.2) is 5.78 Å². The molecule has 41 heavy (non-hydrogen) atoms. The quantitative estimate of drug-likeness (QED) is 0.177. The smallest absolute Gasteiger partial charge is 0.388 e. The molecule has 2 aromatic rings. The van der Waals surface area contributed by atoms with Gasteiger partial charge in [-0.25, -0.2) is 0 Å². The van der Waals surface area contributed by atoms with Crippen LogP contribution in [0.4, 0.5) is 24.5 Å². The summed E-state index contributed by atoms with van der Waals surface area (Å²) in [5.41, 5.74) is 13.8. The van der Waals surface area contributed by atoms with Crippen LogP contribution in [-0.4, -0.2) is 56.7 Å². The van der Waals surface area contributed by atoms with Gasteiger partial charge in [-0.2, -0.15) is 13.2 Å². The Labute approximate surface area is 267 Å². The monoisotopic (exact) mass is 646 g/mol. The Balaban J connectivity index is 0.00000108. The first-order valence-electron chi connectivity index (χ1n) is 13.3. The molecule has 1 heterocycles. The first-order chi connectivity index (χ1) is 18.9. The molecular weight excluding hydrogens is 606 g/mol. The Morgan fingerprint density at radius 2 is 1.83 bits per heavy atom. The summed E-state index contributed by atoms with van der Waals surface area (Å²) in [6, 6.07) is 11.9. The molecule has 0 saturated carbocycles. The fraction of sp³-hybridized carbons (Fsp3) is 0.452. The predicted molar refractivity (Wildman–Crippen MR) is 158 cm³/mol. The van der Waals surface area contributed by atoms with Crippen LogP contribution in [0.1, 0.15) is 61.5 Å². The summed E-state index contributed by atoms with van der Waals surface area (Å²) in [4.78, 5) is 13.9. The summed E-state index contributed by atoms with van der Waals surface area (Å²) < 4.78 is 37.8. The number of benzene rings is 2. The van der Waals surface area contributed by atoms with Crippen LogP contribution >= 0.6 is 0 Å². The maximum atomic E-state index is 11.6. The second-order valence-corrected chi connectivity index (χ2v) is 9.73. The van der Waals surface area contributed by atoms with Gasteiger partial charge in [0, 0.05) is 55.9 Å². The van der Waals surface area contributed by atoms with Crippen LogP contribution in [0.3, 0.4) is 0 Å². The molecule has 0 amide bonds. The Hall–Kier alpha value is -2.38. The molecule has 0 aromatic heterocycles. The summed E-state index contributed by atoms with van der Waals surface area (Å²) in [5, 5.41) is 3.26. The zero-order valence-corrected chi connectivity index (χ0v) is 27.6. The number of likely N-dealkylation sites (tertiary alicyclic amines) is 1. The zero-order chi connectivity index (χ0) is 29.7. The van der Waals surface area contributed by atoms with E-state index >= 15 is 0 Å². The molecule has 1 radical (unpaired) electrons. The number of ketones is 1. The number of Topliss-reactive ketones (excluding diaryl/α,β-unsaturated/α-hetero) is 1. The first kappa shape index (κ1) is 36.6. The number of methoxy groups -OCH3 is 1. The zero-order valence-electron chi connectivity index (χ0n) is 24.8. The van der Waals surface area contributed by atoms with E-state index in [-0.39, 0.29) is 38.5 Å². The SMILES string of the molecule is CCC(F)(F)F.COc1cc(C(C)=O)ccc1NCC#C/C(C)=C/c1c(C)cccc1N[N-]C1CCN(C)CC1.[Y]. The average Bonchev–Trinajstić information content (AvgIpc) is 2.92. The maximum absolute atomic E-state index is 11.6. The fourth-order valence-corrected chi connectivity index (χ4v) is 3.89. The molecule has 1 aliphatic rings. The summed E-state index contributed by atoms with van der Waals surface area (Å²) in [5.74, 6) is 7.03. The van der Waals surface area contributed by atoms with E-state index < -0.39 is 12.6 Å². The summed E-state index contributed by atoms with van der Waals surface area (Å²) in [6.07, 6.45) is -0.412. The Kier molecular flexibility index (Phi) is 16.3. The topological polar surface area (TPSA) is 67.7 Å². The molecule has 1 aliphatic heterocycles. The van der Waals surface area contributed by atoms with Crippen molar-refractivity contribution in [2.75, 3.05) is 44.5 Å². The average molecular weight is 647 g/mol. The molecule has 2 N–H and O–H groups in total. The number of nitrogens with one attached hydrogen (secondary N) is 2. The fourth-order valence-electron chi connectivity index (χ4n) is 3.89. The number of ether oxygens (including phenoxy) is 1. The minimum Gasteiger partial charge on any atom is -0.568 e. The first-order valence-corrected chi connectivity index (χ1v) is 13.3. The van der Waals surface area contributed by atoms with E-state index in [9.17, 15) is 18.0 Å². The minimum atomic E-state index is -3.96. The van der Waals surface area contributed by atoms with Crippen molar-refractivity contribution in [3.8, 4) is 17.6 Å². The number of nitrogens with zero attached hydrogens (tertiary/aromatic N) is 2. The third-order valence-electron chi connectivity index (χ3n) is 6.40. The standard InChI is InChI=1S/C28H35N4O2.C3H5F3.Y/c1-20(8-7-15-29-27-12-11-23(22(3)33)19-28(27)34-5)18-25-21(2)9-6-10-26(25)31-30-24-13-16-32(4)17-14-24;1-2-3(4,5)6;/h6,9-12,18-19,24,29,31H,13-17H2,1-5H3;2H2,1H3;/q-1;;/b20-18+;;. The molecule has 0 unspecified atom stereocenters. The summed E-state index contributed by atoms with van der Waals surface area (Å²) in [7, 11) is 3.75. The van der Waals surface area contributed by atoms with Crippen molar-refractivity contribution in [2.24, 2.45) is 0 Å². The number of hydrogen-bond donors (Lipinski definition) is 2. The van der Waals surface area contributed by atoms with Gasteiger partial charge in [0.25, 0.3) is 0 Å². The van der Waals surface area contributed by atoms with E-state index in [2.05, 4.69) is 65.7 Å². The maximum Gasteiger partial charge on any atom is 0.388 e. The Morgan fingerprint density at radius 1 is 1.17 bits per heavy atom.